The number of anilines is 1. The van der Waals surface area contributed by atoms with E-state index in [-0.39, 0.29) is 5.82 Å². The van der Waals surface area contributed by atoms with Gasteiger partial charge in [0.1, 0.15) is 17.7 Å². The van der Waals surface area contributed by atoms with Crippen LogP contribution < -0.4 is 20.3 Å². The van der Waals surface area contributed by atoms with Crippen molar-refractivity contribution in [3.63, 3.8) is 0 Å². The third-order valence-corrected chi connectivity index (χ3v) is 3.75. The van der Waals surface area contributed by atoms with Crippen LogP contribution in [0.25, 0.3) is 0 Å². The first-order valence-corrected chi connectivity index (χ1v) is 7.01. The zero-order valence-corrected chi connectivity index (χ0v) is 11.2. The summed E-state index contributed by atoms with van der Waals surface area (Å²) < 4.78 is 33.1. The van der Waals surface area contributed by atoms with Gasteiger partial charge >= 0.3 is 0 Å². The molecule has 2 heterocycles. The molecule has 110 valence electrons. The highest BCUT2D eigenvalue weighted by Crippen LogP contribution is 2.26. The largest absolute Gasteiger partial charge is 0.486 e. The third-order valence-electron chi connectivity index (χ3n) is 3.75. The fourth-order valence-corrected chi connectivity index (χ4v) is 2.64. The van der Waals surface area contributed by atoms with E-state index in [4.69, 9.17) is 4.74 Å². The number of benzene rings is 1. The topological polar surface area (TPSA) is 36.5 Å². The summed E-state index contributed by atoms with van der Waals surface area (Å²) in [7, 11) is 0. The Kier molecular flexibility index (Phi) is 4.03. The molecule has 0 aliphatic carbocycles. The van der Waals surface area contributed by atoms with E-state index >= 15 is 0 Å². The van der Waals surface area contributed by atoms with Crippen LogP contribution in [-0.2, 0) is 0 Å². The van der Waals surface area contributed by atoms with Crippen LogP contribution in [0, 0.1) is 5.82 Å². The molecule has 0 bridgehead atoms. The Morgan fingerprint density at radius 2 is 1.95 bits per heavy atom. The Bertz CT molecular complexity index is 466. The van der Waals surface area contributed by atoms with Crippen LogP contribution in [0.4, 0.5) is 14.5 Å². The first-order chi connectivity index (χ1) is 9.74. The summed E-state index contributed by atoms with van der Waals surface area (Å²) in [5.74, 6) is 0.0727. The molecule has 2 fully saturated rings. The highest BCUT2D eigenvalue weighted by atomic mass is 19.1. The van der Waals surface area contributed by atoms with E-state index in [0.29, 0.717) is 24.5 Å². The summed E-state index contributed by atoms with van der Waals surface area (Å²) in [5, 5.41) is 6.14. The lowest BCUT2D eigenvalue weighted by molar-refractivity contribution is 0.139. The molecule has 1 aromatic rings. The molecule has 2 N–H and O–H groups in total. The maximum absolute atomic E-state index is 14.2. The van der Waals surface area contributed by atoms with Crippen molar-refractivity contribution in [2.24, 2.45) is 0 Å². The minimum Gasteiger partial charge on any atom is -0.486 e. The van der Waals surface area contributed by atoms with Gasteiger partial charge in [0.2, 0.25) is 0 Å². The number of ether oxygens (including phenoxy) is 1. The second kappa shape index (κ2) is 5.93. The predicted octanol–water partition coefficient (Wildman–Crippen LogP) is 0.924. The molecular weight excluding hydrogens is 264 g/mol. The molecule has 0 aromatic heterocycles. The van der Waals surface area contributed by atoms with Gasteiger partial charge in [-0.05, 0) is 12.1 Å². The third kappa shape index (κ3) is 2.86. The minimum absolute atomic E-state index is 0.298. The van der Waals surface area contributed by atoms with Crippen LogP contribution in [0.2, 0.25) is 0 Å². The Balaban J connectivity index is 1.70. The monoisotopic (exact) mass is 283 g/mol. The van der Waals surface area contributed by atoms with Gasteiger partial charge in [0, 0.05) is 45.3 Å². The van der Waals surface area contributed by atoms with Crippen molar-refractivity contribution in [2.45, 2.75) is 12.3 Å². The highest BCUT2D eigenvalue weighted by molar-refractivity contribution is 5.51. The number of hydrogen-bond donors (Lipinski definition) is 2. The van der Waals surface area contributed by atoms with Crippen LogP contribution in [0.5, 0.6) is 5.75 Å². The summed E-state index contributed by atoms with van der Waals surface area (Å²) in [5.41, 5.74) is 0.584. The maximum Gasteiger partial charge on any atom is 0.150 e. The molecule has 6 heteroatoms. The van der Waals surface area contributed by atoms with Gasteiger partial charge in [-0.1, -0.05) is 0 Å². The van der Waals surface area contributed by atoms with Crippen molar-refractivity contribution in [2.75, 3.05) is 44.2 Å². The molecule has 0 unspecified atom stereocenters. The molecule has 2 aliphatic rings. The molecule has 0 radical (unpaired) electrons. The molecule has 4 nitrogen and oxygen atoms in total. The van der Waals surface area contributed by atoms with E-state index in [0.717, 1.165) is 26.2 Å². The maximum atomic E-state index is 14.2. The summed E-state index contributed by atoms with van der Waals surface area (Å²) in [6.07, 6.45) is -1.56. The van der Waals surface area contributed by atoms with E-state index < -0.39 is 12.3 Å². The normalized spacial score (nSPS) is 26.8. The summed E-state index contributed by atoms with van der Waals surface area (Å²) in [6.45, 7) is 4.05. The van der Waals surface area contributed by atoms with E-state index in [2.05, 4.69) is 10.6 Å². The molecule has 0 spiro atoms. The fraction of sp³-hybridized carbons (Fsp3) is 0.571. The van der Waals surface area contributed by atoms with Gasteiger partial charge in [-0.3, -0.25) is 0 Å². The molecule has 3 rings (SSSR count). The molecule has 2 aliphatic heterocycles. The number of piperazine rings is 1. The van der Waals surface area contributed by atoms with Crippen molar-refractivity contribution < 1.29 is 13.5 Å². The van der Waals surface area contributed by atoms with Gasteiger partial charge in [-0.15, -0.1) is 0 Å². The van der Waals surface area contributed by atoms with Crippen molar-refractivity contribution in [1.29, 1.82) is 0 Å². The molecule has 20 heavy (non-hydrogen) atoms. The van der Waals surface area contributed by atoms with Crippen molar-refractivity contribution in [3.05, 3.63) is 24.0 Å². The van der Waals surface area contributed by atoms with E-state index in [1.165, 1.54) is 6.07 Å². The van der Waals surface area contributed by atoms with Crippen LogP contribution in [0.15, 0.2) is 18.2 Å². The fourth-order valence-electron chi connectivity index (χ4n) is 2.64. The molecule has 1 aromatic carbocycles. The molecule has 0 saturated carbocycles. The predicted molar refractivity (Wildman–Crippen MR) is 73.7 cm³/mol. The first kappa shape index (κ1) is 13.6. The van der Waals surface area contributed by atoms with Crippen molar-refractivity contribution >= 4 is 5.69 Å². The van der Waals surface area contributed by atoms with E-state index in [1.807, 2.05) is 4.90 Å². The van der Waals surface area contributed by atoms with E-state index in [9.17, 15) is 8.78 Å². The minimum atomic E-state index is -1.04. The van der Waals surface area contributed by atoms with Gasteiger partial charge < -0.3 is 20.3 Å². The van der Waals surface area contributed by atoms with Crippen molar-refractivity contribution in [3.8, 4) is 5.75 Å². The van der Waals surface area contributed by atoms with Gasteiger partial charge in [0.05, 0.1) is 5.69 Å². The van der Waals surface area contributed by atoms with Crippen LogP contribution in [0.3, 0.4) is 0 Å². The molecule has 0 amide bonds. The van der Waals surface area contributed by atoms with Crippen LogP contribution in [-0.4, -0.2) is 51.5 Å². The average molecular weight is 283 g/mol. The zero-order chi connectivity index (χ0) is 13.9. The Labute approximate surface area is 117 Å². The summed E-state index contributed by atoms with van der Waals surface area (Å²) >= 11 is 0. The number of nitrogens with one attached hydrogen (secondary N) is 2. The standard InChI is InChI=1S/C14H19F2N3O/c15-11-7-10(20-14-9-18-8-12(14)16)1-2-13(11)19-5-3-17-4-6-19/h1-2,7,12,14,17-18H,3-6,8-9H2/t12-,14+/m1/s1. The second-order valence-electron chi connectivity index (χ2n) is 5.18. The Morgan fingerprint density at radius 3 is 2.60 bits per heavy atom. The molecule has 2 saturated heterocycles. The van der Waals surface area contributed by atoms with E-state index in [1.54, 1.807) is 12.1 Å². The molecular formula is C14H19F2N3O. The lowest BCUT2D eigenvalue weighted by Gasteiger charge is -2.29. The highest BCUT2D eigenvalue weighted by Gasteiger charge is 2.28. The van der Waals surface area contributed by atoms with Gasteiger partial charge in [0.15, 0.2) is 6.17 Å². The van der Waals surface area contributed by atoms with Crippen molar-refractivity contribution in [1.82, 2.24) is 10.6 Å². The van der Waals surface area contributed by atoms with Gasteiger partial charge in [0.25, 0.3) is 0 Å². The Morgan fingerprint density at radius 1 is 1.15 bits per heavy atom. The lowest BCUT2D eigenvalue weighted by atomic mass is 10.2. The lowest BCUT2D eigenvalue weighted by Crippen LogP contribution is -2.43. The second-order valence-corrected chi connectivity index (χ2v) is 5.18. The first-order valence-electron chi connectivity index (χ1n) is 7.01. The van der Waals surface area contributed by atoms with Crippen LogP contribution >= 0.6 is 0 Å². The number of hydrogen-bond acceptors (Lipinski definition) is 4. The zero-order valence-electron chi connectivity index (χ0n) is 11.2. The summed E-state index contributed by atoms with van der Waals surface area (Å²) in [6, 6.07) is 4.78. The number of alkyl halides is 1. The summed E-state index contributed by atoms with van der Waals surface area (Å²) in [4.78, 5) is 2.00. The van der Waals surface area contributed by atoms with Crippen LogP contribution in [0.1, 0.15) is 0 Å². The SMILES string of the molecule is Fc1cc(O[C@H]2CNC[C@H]2F)ccc1N1CCNCC1. The molecule has 2 atom stereocenters. The van der Waals surface area contributed by atoms with Gasteiger partial charge in [-0.2, -0.15) is 0 Å². The Hall–Kier alpha value is -1.40. The number of rotatable bonds is 3. The number of nitrogens with zero attached hydrogens (tertiary/aromatic N) is 1. The van der Waals surface area contributed by atoms with Gasteiger partial charge in [-0.25, -0.2) is 8.78 Å². The smallest absolute Gasteiger partial charge is 0.150 e. The quantitative estimate of drug-likeness (QED) is 0.865. The number of halogens is 2. The average Bonchev–Trinajstić information content (AvgIpc) is 2.85.